The number of carbonyl (C=O) groups is 1. The summed E-state index contributed by atoms with van der Waals surface area (Å²) in [6.07, 6.45) is 2.82. The molecule has 1 heterocycles. The van der Waals surface area contributed by atoms with Crippen molar-refractivity contribution in [1.29, 1.82) is 0 Å². The van der Waals surface area contributed by atoms with Gasteiger partial charge in [0.25, 0.3) is 0 Å². The minimum absolute atomic E-state index is 0.190. The number of rotatable bonds is 4. The highest BCUT2D eigenvalue weighted by atomic mass is 35.5. The lowest BCUT2D eigenvalue weighted by Gasteiger charge is -2.10. The van der Waals surface area contributed by atoms with Crippen molar-refractivity contribution in [2.24, 2.45) is 0 Å². The first-order chi connectivity index (χ1) is 9.22. The van der Waals surface area contributed by atoms with Crippen molar-refractivity contribution in [2.45, 2.75) is 6.61 Å². The first kappa shape index (κ1) is 13.4. The molecule has 19 heavy (non-hydrogen) atoms. The lowest BCUT2D eigenvalue weighted by Crippen LogP contribution is -2.07. The molecule has 0 radical (unpaired) electrons. The molecule has 2 aromatic rings. The Hall–Kier alpha value is -2.07. The molecule has 2 rings (SSSR count). The highest BCUT2D eigenvalue weighted by Crippen LogP contribution is 2.26. The van der Waals surface area contributed by atoms with Gasteiger partial charge < -0.3 is 9.47 Å². The number of ether oxygens (including phenoxy) is 2. The molecule has 4 nitrogen and oxygen atoms in total. The van der Waals surface area contributed by atoms with Gasteiger partial charge in [0, 0.05) is 6.20 Å². The molecule has 0 saturated carbocycles. The minimum atomic E-state index is -0.546. The number of benzene rings is 1. The zero-order valence-electron chi connectivity index (χ0n) is 10.3. The summed E-state index contributed by atoms with van der Waals surface area (Å²) in [4.78, 5) is 15.6. The molecule has 0 spiro atoms. The summed E-state index contributed by atoms with van der Waals surface area (Å²) in [5.74, 6) is -0.237. The van der Waals surface area contributed by atoms with E-state index in [1.165, 1.54) is 19.5 Å². The van der Waals surface area contributed by atoms with E-state index in [1.54, 1.807) is 0 Å². The summed E-state index contributed by atoms with van der Waals surface area (Å²) in [5, 5.41) is 0.206. The van der Waals surface area contributed by atoms with E-state index < -0.39 is 5.97 Å². The van der Waals surface area contributed by atoms with Gasteiger partial charge in [-0.2, -0.15) is 0 Å². The molecule has 98 valence electrons. The number of hydrogen-bond donors (Lipinski definition) is 0. The molecule has 5 heteroatoms. The van der Waals surface area contributed by atoms with Gasteiger partial charge in [0.15, 0.2) is 5.75 Å². The Morgan fingerprint density at radius 3 is 2.68 bits per heavy atom. The van der Waals surface area contributed by atoms with Crippen molar-refractivity contribution in [1.82, 2.24) is 4.98 Å². The predicted molar refractivity (Wildman–Crippen MR) is 71.4 cm³/mol. The summed E-state index contributed by atoms with van der Waals surface area (Å²) in [5.41, 5.74) is 1.17. The molecule has 0 saturated heterocycles. The van der Waals surface area contributed by atoms with E-state index in [4.69, 9.17) is 16.3 Å². The van der Waals surface area contributed by atoms with E-state index in [9.17, 15) is 4.79 Å². The molecule has 0 bridgehead atoms. The number of halogens is 1. The van der Waals surface area contributed by atoms with Gasteiger partial charge in [-0.05, 0) is 5.56 Å². The third-order valence-electron chi connectivity index (χ3n) is 2.49. The van der Waals surface area contributed by atoms with Crippen molar-refractivity contribution in [2.75, 3.05) is 7.11 Å². The van der Waals surface area contributed by atoms with Crippen LogP contribution in [-0.4, -0.2) is 18.1 Å². The zero-order valence-corrected chi connectivity index (χ0v) is 11.1. The van der Waals surface area contributed by atoms with E-state index in [2.05, 4.69) is 9.72 Å². The highest BCUT2D eigenvalue weighted by molar-refractivity contribution is 6.33. The van der Waals surface area contributed by atoms with Crippen LogP contribution in [0.4, 0.5) is 0 Å². The largest absolute Gasteiger partial charge is 0.486 e. The van der Waals surface area contributed by atoms with Crippen molar-refractivity contribution in [3.63, 3.8) is 0 Å². The third kappa shape index (κ3) is 3.23. The number of pyridine rings is 1. The molecule has 1 aromatic heterocycles. The first-order valence-electron chi connectivity index (χ1n) is 5.61. The van der Waals surface area contributed by atoms with Crippen molar-refractivity contribution >= 4 is 17.6 Å². The molecule has 0 aliphatic carbocycles. The fourth-order valence-corrected chi connectivity index (χ4v) is 1.79. The van der Waals surface area contributed by atoms with Crippen molar-refractivity contribution in [3.05, 3.63) is 58.9 Å². The quantitative estimate of drug-likeness (QED) is 0.806. The van der Waals surface area contributed by atoms with Crippen LogP contribution in [-0.2, 0) is 11.3 Å². The van der Waals surface area contributed by atoms with E-state index >= 15 is 0 Å². The van der Waals surface area contributed by atoms with Crippen LogP contribution in [0.5, 0.6) is 5.75 Å². The van der Waals surface area contributed by atoms with Crippen LogP contribution in [0, 0.1) is 0 Å². The number of carbonyl (C=O) groups excluding carboxylic acids is 1. The molecule has 0 N–H and O–H groups in total. The van der Waals surface area contributed by atoms with Gasteiger partial charge in [-0.15, -0.1) is 0 Å². The molecule has 0 fully saturated rings. The number of aromatic nitrogens is 1. The molecule has 0 aliphatic heterocycles. The monoisotopic (exact) mass is 277 g/mol. The van der Waals surface area contributed by atoms with Crippen molar-refractivity contribution < 1.29 is 14.3 Å². The normalized spacial score (nSPS) is 10.0. The summed E-state index contributed by atoms with van der Waals surface area (Å²) in [6, 6.07) is 9.60. The van der Waals surface area contributed by atoms with Crippen LogP contribution >= 0.6 is 11.6 Å². The SMILES string of the molecule is COC(=O)c1c(Cl)cncc1OCc1ccccc1. The summed E-state index contributed by atoms with van der Waals surface area (Å²) in [6.45, 7) is 0.326. The van der Waals surface area contributed by atoms with Gasteiger partial charge in [-0.1, -0.05) is 41.9 Å². The second kappa shape index (κ2) is 6.20. The fraction of sp³-hybridized carbons (Fsp3) is 0.143. The molecule has 1 aromatic carbocycles. The van der Waals surface area contributed by atoms with Gasteiger partial charge in [0.2, 0.25) is 0 Å². The summed E-state index contributed by atoms with van der Waals surface area (Å²) in [7, 11) is 1.29. The maximum Gasteiger partial charge on any atom is 0.343 e. The number of hydrogen-bond acceptors (Lipinski definition) is 4. The number of methoxy groups -OCH3 is 1. The van der Waals surface area contributed by atoms with Crippen LogP contribution < -0.4 is 4.74 Å². The zero-order chi connectivity index (χ0) is 13.7. The Morgan fingerprint density at radius 1 is 1.26 bits per heavy atom. The average molecular weight is 278 g/mol. The van der Waals surface area contributed by atoms with Crippen LogP contribution in [0.2, 0.25) is 5.02 Å². The Morgan fingerprint density at radius 2 is 2.00 bits per heavy atom. The predicted octanol–water partition coefficient (Wildman–Crippen LogP) is 3.10. The third-order valence-corrected chi connectivity index (χ3v) is 2.78. The maximum absolute atomic E-state index is 11.7. The first-order valence-corrected chi connectivity index (χ1v) is 5.98. The van der Waals surface area contributed by atoms with Gasteiger partial charge in [0.1, 0.15) is 12.2 Å². The standard InChI is InChI=1S/C14H12ClNO3/c1-18-14(17)13-11(15)7-16-8-12(13)19-9-10-5-3-2-4-6-10/h2-8H,9H2,1H3. The Balaban J connectivity index is 2.21. The molecule has 0 atom stereocenters. The van der Waals surface area contributed by atoms with Gasteiger partial charge in [0.05, 0.1) is 18.3 Å². The lowest BCUT2D eigenvalue weighted by atomic mass is 10.2. The maximum atomic E-state index is 11.7. The van der Waals surface area contributed by atoms with Gasteiger partial charge in [-0.3, -0.25) is 4.98 Å². The minimum Gasteiger partial charge on any atom is -0.486 e. The molecule has 0 amide bonds. The van der Waals surface area contributed by atoms with Crippen LogP contribution in [0.15, 0.2) is 42.7 Å². The van der Waals surface area contributed by atoms with Crippen LogP contribution in [0.1, 0.15) is 15.9 Å². The topological polar surface area (TPSA) is 48.4 Å². The van der Waals surface area contributed by atoms with E-state index in [0.29, 0.717) is 12.4 Å². The van der Waals surface area contributed by atoms with Crippen LogP contribution in [0.3, 0.4) is 0 Å². The fourth-order valence-electron chi connectivity index (χ4n) is 1.56. The van der Waals surface area contributed by atoms with Gasteiger partial charge >= 0.3 is 5.97 Å². The summed E-state index contributed by atoms with van der Waals surface area (Å²) < 4.78 is 10.3. The van der Waals surface area contributed by atoms with E-state index in [1.807, 2.05) is 30.3 Å². The molecule has 0 aliphatic rings. The Bertz CT molecular complexity index is 572. The smallest absolute Gasteiger partial charge is 0.343 e. The molecule has 0 unspecified atom stereocenters. The van der Waals surface area contributed by atoms with Gasteiger partial charge in [-0.25, -0.2) is 4.79 Å². The molecular formula is C14H12ClNO3. The average Bonchev–Trinajstić information content (AvgIpc) is 2.45. The van der Waals surface area contributed by atoms with Crippen molar-refractivity contribution in [3.8, 4) is 5.75 Å². The highest BCUT2D eigenvalue weighted by Gasteiger charge is 2.17. The van der Waals surface area contributed by atoms with E-state index in [0.717, 1.165) is 5.56 Å². The summed E-state index contributed by atoms with van der Waals surface area (Å²) >= 11 is 5.94. The Labute approximate surface area is 115 Å². The second-order valence-electron chi connectivity index (χ2n) is 3.76. The second-order valence-corrected chi connectivity index (χ2v) is 4.17. The Kier molecular flexibility index (Phi) is 4.36. The number of nitrogens with zero attached hydrogens (tertiary/aromatic N) is 1. The van der Waals surface area contributed by atoms with Crippen LogP contribution in [0.25, 0.3) is 0 Å². The number of esters is 1. The lowest BCUT2D eigenvalue weighted by molar-refractivity contribution is 0.0595. The van der Waals surface area contributed by atoms with E-state index in [-0.39, 0.29) is 10.6 Å². The molecular weight excluding hydrogens is 266 g/mol.